The van der Waals surface area contributed by atoms with Crippen LogP contribution in [0.15, 0.2) is 72.8 Å². The second-order valence-electron chi connectivity index (χ2n) is 8.27. The number of nitrogens with one attached hydrogen (secondary N) is 2. The van der Waals surface area contributed by atoms with Gasteiger partial charge in [0.25, 0.3) is 5.91 Å². The Kier molecular flexibility index (Phi) is 8.58. The first-order valence-electron chi connectivity index (χ1n) is 11.7. The molecule has 1 saturated heterocycles. The van der Waals surface area contributed by atoms with Crippen molar-refractivity contribution in [3.8, 4) is 5.75 Å². The third kappa shape index (κ3) is 6.72. The molecule has 0 unspecified atom stereocenters. The number of carbonyl (C=O) groups is 1. The Balaban J connectivity index is 1.38. The van der Waals surface area contributed by atoms with Crippen LogP contribution in [0.3, 0.4) is 0 Å². The van der Waals surface area contributed by atoms with Crippen molar-refractivity contribution in [3.63, 3.8) is 0 Å². The molecule has 8 heteroatoms. The van der Waals surface area contributed by atoms with Crippen LogP contribution in [0.1, 0.15) is 22.8 Å². The van der Waals surface area contributed by atoms with Crippen molar-refractivity contribution in [1.82, 2.24) is 10.2 Å². The van der Waals surface area contributed by atoms with E-state index >= 15 is 0 Å². The van der Waals surface area contributed by atoms with Crippen molar-refractivity contribution in [2.45, 2.75) is 13.5 Å². The summed E-state index contributed by atoms with van der Waals surface area (Å²) in [5.74, 6) is 0.302. The van der Waals surface area contributed by atoms with E-state index in [1.54, 1.807) is 18.2 Å². The van der Waals surface area contributed by atoms with Crippen LogP contribution in [-0.4, -0.2) is 48.6 Å². The molecule has 4 rings (SSSR count). The summed E-state index contributed by atoms with van der Waals surface area (Å²) < 4.78 is 5.84. The number of halogens is 1. The molecule has 6 nitrogen and oxygen atoms in total. The van der Waals surface area contributed by atoms with Gasteiger partial charge >= 0.3 is 0 Å². The first-order chi connectivity index (χ1) is 17.0. The minimum Gasteiger partial charge on any atom is -0.489 e. The van der Waals surface area contributed by atoms with E-state index < -0.39 is 0 Å². The number of amides is 1. The van der Waals surface area contributed by atoms with Crippen LogP contribution in [0.2, 0.25) is 5.02 Å². The average molecular weight is 509 g/mol. The van der Waals surface area contributed by atoms with E-state index in [-0.39, 0.29) is 11.0 Å². The topological polar surface area (TPSA) is 56.8 Å². The van der Waals surface area contributed by atoms with Gasteiger partial charge in [-0.25, -0.2) is 0 Å². The molecule has 1 heterocycles. The molecule has 0 saturated carbocycles. The largest absolute Gasteiger partial charge is 0.489 e. The second-order valence-corrected chi connectivity index (χ2v) is 9.08. The zero-order valence-electron chi connectivity index (χ0n) is 19.7. The number of anilines is 2. The van der Waals surface area contributed by atoms with Crippen molar-refractivity contribution in [2.24, 2.45) is 0 Å². The summed E-state index contributed by atoms with van der Waals surface area (Å²) in [7, 11) is 0. The van der Waals surface area contributed by atoms with Crippen LogP contribution < -0.4 is 20.3 Å². The maximum atomic E-state index is 12.9. The van der Waals surface area contributed by atoms with Crippen LogP contribution >= 0.6 is 23.8 Å². The van der Waals surface area contributed by atoms with E-state index in [0.29, 0.717) is 22.9 Å². The van der Waals surface area contributed by atoms with Gasteiger partial charge in [0.05, 0.1) is 16.4 Å². The fourth-order valence-electron chi connectivity index (χ4n) is 4.02. The zero-order valence-corrected chi connectivity index (χ0v) is 21.2. The predicted octanol–water partition coefficient (Wildman–Crippen LogP) is 5.19. The van der Waals surface area contributed by atoms with Crippen molar-refractivity contribution < 1.29 is 9.53 Å². The monoisotopic (exact) mass is 508 g/mol. The first-order valence-corrected chi connectivity index (χ1v) is 12.5. The van der Waals surface area contributed by atoms with E-state index in [0.717, 1.165) is 49.7 Å². The fraction of sp³-hybridized carbons (Fsp3) is 0.259. The smallest absolute Gasteiger partial charge is 0.257 e. The fourth-order valence-corrected chi connectivity index (χ4v) is 4.52. The van der Waals surface area contributed by atoms with E-state index in [2.05, 4.69) is 27.4 Å². The molecule has 0 aliphatic carbocycles. The molecule has 0 aromatic heterocycles. The van der Waals surface area contributed by atoms with Crippen molar-refractivity contribution in [1.29, 1.82) is 0 Å². The van der Waals surface area contributed by atoms with E-state index in [9.17, 15) is 4.79 Å². The summed E-state index contributed by atoms with van der Waals surface area (Å²) in [5.41, 5.74) is 3.19. The molecule has 0 bridgehead atoms. The van der Waals surface area contributed by atoms with Gasteiger partial charge in [-0.1, -0.05) is 61.0 Å². The summed E-state index contributed by atoms with van der Waals surface area (Å²) in [6.07, 6.45) is 0. The Hall–Kier alpha value is -3.13. The number of benzene rings is 3. The van der Waals surface area contributed by atoms with Crippen molar-refractivity contribution >= 4 is 46.2 Å². The molecular formula is C27H29ClN4O2S. The molecule has 1 fully saturated rings. The minimum absolute atomic E-state index is 0.210. The third-order valence-corrected chi connectivity index (χ3v) is 6.45. The van der Waals surface area contributed by atoms with Gasteiger partial charge in [-0.05, 0) is 54.7 Å². The molecule has 2 N–H and O–H groups in total. The SMILES string of the molecule is CCN1CCN(c2c(Cl)cccc2NC(=S)NC(=O)c2cccc(OCc3ccccc3)c2)CC1. The lowest BCUT2D eigenvalue weighted by atomic mass is 10.2. The highest BCUT2D eigenvalue weighted by atomic mass is 35.5. The highest BCUT2D eigenvalue weighted by Gasteiger charge is 2.21. The lowest BCUT2D eigenvalue weighted by molar-refractivity contribution is 0.0977. The molecule has 182 valence electrons. The summed E-state index contributed by atoms with van der Waals surface area (Å²) in [5, 5.41) is 6.79. The molecular weight excluding hydrogens is 480 g/mol. The van der Waals surface area contributed by atoms with E-state index in [1.807, 2.05) is 54.6 Å². The van der Waals surface area contributed by atoms with Crippen molar-refractivity contribution in [3.05, 3.63) is 88.9 Å². The number of likely N-dealkylation sites (N-methyl/N-ethyl adjacent to an activating group) is 1. The van der Waals surface area contributed by atoms with Gasteiger partial charge in [0.15, 0.2) is 5.11 Å². The van der Waals surface area contributed by atoms with Gasteiger partial charge in [0, 0.05) is 31.7 Å². The van der Waals surface area contributed by atoms with Crippen LogP contribution in [-0.2, 0) is 6.61 Å². The van der Waals surface area contributed by atoms with Crippen molar-refractivity contribution in [2.75, 3.05) is 42.9 Å². The van der Waals surface area contributed by atoms with Gasteiger partial charge in [-0.3, -0.25) is 10.1 Å². The maximum Gasteiger partial charge on any atom is 0.257 e. The van der Waals surface area contributed by atoms with Gasteiger partial charge in [-0.2, -0.15) is 0 Å². The Bertz CT molecular complexity index is 1170. The number of carbonyl (C=O) groups excluding carboxylic acids is 1. The molecule has 0 atom stereocenters. The number of hydrogen-bond acceptors (Lipinski definition) is 5. The highest BCUT2D eigenvalue weighted by molar-refractivity contribution is 7.80. The molecule has 1 aliphatic rings. The number of thiocarbonyl (C=S) groups is 1. The van der Waals surface area contributed by atoms with Gasteiger partial charge < -0.3 is 19.9 Å². The number of rotatable bonds is 7. The quantitative estimate of drug-likeness (QED) is 0.428. The van der Waals surface area contributed by atoms with Crippen LogP contribution in [0, 0.1) is 0 Å². The van der Waals surface area contributed by atoms with Crippen LogP contribution in [0.5, 0.6) is 5.75 Å². The molecule has 3 aromatic rings. The van der Waals surface area contributed by atoms with E-state index in [1.165, 1.54) is 0 Å². The molecule has 1 aliphatic heterocycles. The van der Waals surface area contributed by atoms with E-state index in [4.69, 9.17) is 28.6 Å². The third-order valence-electron chi connectivity index (χ3n) is 5.94. The van der Waals surface area contributed by atoms with Gasteiger partial charge in [0.1, 0.15) is 12.4 Å². The summed E-state index contributed by atoms with van der Waals surface area (Å²) in [4.78, 5) is 17.5. The molecule has 35 heavy (non-hydrogen) atoms. The summed E-state index contributed by atoms with van der Waals surface area (Å²) in [6, 6.07) is 22.6. The Morgan fingerprint density at radius 3 is 2.49 bits per heavy atom. The second kappa shape index (κ2) is 12.0. The number of para-hydroxylation sites is 1. The van der Waals surface area contributed by atoms with Crippen LogP contribution in [0.25, 0.3) is 0 Å². The first kappa shape index (κ1) is 25.0. The molecule has 0 spiro atoms. The Morgan fingerprint density at radius 2 is 1.74 bits per heavy atom. The normalized spacial score (nSPS) is 13.8. The number of hydrogen-bond donors (Lipinski definition) is 2. The average Bonchev–Trinajstić information content (AvgIpc) is 2.88. The highest BCUT2D eigenvalue weighted by Crippen LogP contribution is 2.34. The predicted molar refractivity (Wildman–Crippen MR) is 147 cm³/mol. The summed E-state index contributed by atoms with van der Waals surface area (Å²) >= 11 is 12.0. The lowest BCUT2D eigenvalue weighted by Gasteiger charge is -2.37. The molecule has 1 amide bonds. The summed E-state index contributed by atoms with van der Waals surface area (Å²) in [6.45, 7) is 7.34. The maximum absolute atomic E-state index is 12.9. The number of nitrogens with zero attached hydrogens (tertiary/aromatic N) is 2. The van der Waals surface area contributed by atoms with Gasteiger partial charge in [0.2, 0.25) is 0 Å². The molecule has 3 aromatic carbocycles. The lowest BCUT2D eigenvalue weighted by Crippen LogP contribution is -2.46. The molecule has 0 radical (unpaired) electrons. The number of ether oxygens (including phenoxy) is 1. The standard InChI is InChI=1S/C27H29ClN4O2S/c1-2-31-14-16-32(17-15-31)25-23(28)12-7-13-24(25)29-27(35)30-26(33)21-10-6-11-22(18-21)34-19-20-8-4-3-5-9-20/h3-13,18H,2,14-17,19H2,1H3,(H2,29,30,33,35). The Labute approximate surface area is 216 Å². The van der Waals surface area contributed by atoms with Gasteiger partial charge in [-0.15, -0.1) is 0 Å². The zero-order chi connectivity index (χ0) is 24.6. The number of piperazine rings is 1. The van der Waals surface area contributed by atoms with Crippen LogP contribution in [0.4, 0.5) is 11.4 Å². The minimum atomic E-state index is -0.312. The Morgan fingerprint density at radius 1 is 1.00 bits per heavy atom.